The topological polar surface area (TPSA) is 68.0 Å². The average molecular weight is 227 g/mol. The van der Waals surface area contributed by atoms with Gasteiger partial charge in [0.25, 0.3) is 0 Å². The van der Waals surface area contributed by atoms with Crippen molar-refractivity contribution >= 4 is 17.7 Å². The van der Waals surface area contributed by atoms with Gasteiger partial charge in [-0.1, -0.05) is 5.21 Å². The molecular formula is C9H13N3O2S. The van der Waals surface area contributed by atoms with Crippen LogP contribution in [0.25, 0.3) is 0 Å². The third-order valence-electron chi connectivity index (χ3n) is 2.45. The summed E-state index contributed by atoms with van der Waals surface area (Å²) in [6.45, 7) is 0.743. The Balaban J connectivity index is 2.25. The van der Waals surface area contributed by atoms with E-state index < -0.39 is 5.97 Å². The molecule has 0 atom stereocenters. The zero-order valence-corrected chi connectivity index (χ0v) is 9.33. The molecule has 6 heteroatoms. The first-order valence-corrected chi connectivity index (χ1v) is 6.29. The van der Waals surface area contributed by atoms with Crippen LogP contribution in [0, 0.1) is 0 Å². The lowest BCUT2D eigenvalue weighted by Gasteiger charge is -2.04. The van der Waals surface area contributed by atoms with Crippen molar-refractivity contribution in [2.24, 2.45) is 0 Å². The predicted molar refractivity (Wildman–Crippen MR) is 57.3 cm³/mol. The Morgan fingerprint density at radius 3 is 2.93 bits per heavy atom. The Labute approximate surface area is 91.9 Å². The molecule has 1 heterocycles. The SMILES string of the molecule is CSCCn1nnc(C(=O)O)c1C1CC1. The molecule has 0 aliphatic heterocycles. The van der Waals surface area contributed by atoms with E-state index in [2.05, 4.69) is 10.3 Å². The largest absolute Gasteiger partial charge is 0.476 e. The molecule has 0 radical (unpaired) electrons. The highest BCUT2D eigenvalue weighted by Crippen LogP contribution is 2.41. The van der Waals surface area contributed by atoms with E-state index in [1.165, 1.54) is 0 Å². The Morgan fingerprint density at radius 1 is 1.67 bits per heavy atom. The summed E-state index contributed by atoms with van der Waals surface area (Å²) in [4.78, 5) is 10.9. The maximum Gasteiger partial charge on any atom is 0.358 e. The highest BCUT2D eigenvalue weighted by atomic mass is 32.2. The van der Waals surface area contributed by atoms with Gasteiger partial charge in [0, 0.05) is 11.7 Å². The number of hydrogen-bond donors (Lipinski definition) is 1. The van der Waals surface area contributed by atoms with Crippen LogP contribution >= 0.6 is 11.8 Å². The second kappa shape index (κ2) is 4.22. The number of aryl methyl sites for hydroxylation is 1. The lowest BCUT2D eigenvalue weighted by atomic mass is 10.2. The minimum Gasteiger partial charge on any atom is -0.476 e. The minimum absolute atomic E-state index is 0.138. The van der Waals surface area contributed by atoms with E-state index in [1.54, 1.807) is 16.4 Å². The van der Waals surface area contributed by atoms with Crippen molar-refractivity contribution in [3.8, 4) is 0 Å². The van der Waals surface area contributed by atoms with Gasteiger partial charge in [-0.15, -0.1) is 5.10 Å². The number of aromatic carboxylic acids is 1. The standard InChI is InChI=1S/C9H13N3O2S/c1-15-5-4-12-8(6-2-3-6)7(9(13)14)10-11-12/h6H,2-5H2,1H3,(H,13,14). The smallest absolute Gasteiger partial charge is 0.358 e. The van der Waals surface area contributed by atoms with Crippen LogP contribution in [0.4, 0.5) is 0 Å². The average Bonchev–Trinajstić information content (AvgIpc) is 2.95. The van der Waals surface area contributed by atoms with Crippen molar-refractivity contribution in [3.63, 3.8) is 0 Å². The Kier molecular flexibility index (Phi) is 2.95. The summed E-state index contributed by atoms with van der Waals surface area (Å²) in [5.41, 5.74) is 0.954. The molecule has 2 rings (SSSR count). The molecule has 0 aromatic carbocycles. The third-order valence-corrected chi connectivity index (χ3v) is 3.04. The van der Waals surface area contributed by atoms with Crippen molar-refractivity contribution in [2.45, 2.75) is 25.3 Å². The van der Waals surface area contributed by atoms with E-state index in [0.717, 1.165) is 30.8 Å². The first-order valence-electron chi connectivity index (χ1n) is 4.89. The fourth-order valence-corrected chi connectivity index (χ4v) is 1.93. The molecule has 1 aromatic heterocycles. The van der Waals surface area contributed by atoms with Gasteiger partial charge in [-0.2, -0.15) is 11.8 Å². The summed E-state index contributed by atoms with van der Waals surface area (Å²) in [5, 5.41) is 16.6. The molecule has 0 saturated heterocycles. The van der Waals surface area contributed by atoms with Gasteiger partial charge in [0.05, 0.1) is 12.2 Å². The van der Waals surface area contributed by atoms with Crippen molar-refractivity contribution in [1.29, 1.82) is 0 Å². The van der Waals surface area contributed by atoms with Gasteiger partial charge in [0.1, 0.15) is 0 Å². The van der Waals surface area contributed by atoms with Gasteiger partial charge >= 0.3 is 5.97 Å². The zero-order valence-electron chi connectivity index (χ0n) is 8.51. The first-order chi connectivity index (χ1) is 7.24. The number of carbonyl (C=O) groups is 1. The number of rotatable bonds is 5. The number of carboxylic acids is 1. The minimum atomic E-state index is -0.965. The van der Waals surface area contributed by atoms with Crippen LogP contribution in [0.15, 0.2) is 0 Å². The molecular weight excluding hydrogens is 214 g/mol. The van der Waals surface area contributed by atoms with E-state index in [1.807, 2.05) is 6.26 Å². The molecule has 0 spiro atoms. The van der Waals surface area contributed by atoms with Crippen LogP contribution in [0.3, 0.4) is 0 Å². The lowest BCUT2D eigenvalue weighted by Crippen LogP contribution is -2.08. The lowest BCUT2D eigenvalue weighted by molar-refractivity contribution is 0.0689. The van der Waals surface area contributed by atoms with E-state index in [-0.39, 0.29) is 5.69 Å². The summed E-state index contributed by atoms with van der Waals surface area (Å²) in [6.07, 6.45) is 4.14. The third kappa shape index (κ3) is 2.14. The van der Waals surface area contributed by atoms with Crippen molar-refractivity contribution in [3.05, 3.63) is 11.4 Å². The van der Waals surface area contributed by atoms with E-state index in [0.29, 0.717) is 5.92 Å². The molecule has 5 nitrogen and oxygen atoms in total. The van der Waals surface area contributed by atoms with Gasteiger partial charge < -0.3 is 5.11 Å². The summed E-state index contributed by atoms with van der Waals surface area (Å²) >= 11 is 1.72. The van der Waals surface area contributed by atoms with Crippen LogP contribution < -0.4 is 0 Å². The van der Waals surface area contributed by atoms with Crippen molar-refractivity contribution < 1.29 is 9.90 Å². The molecule has 1 aromatic rings. The number of thioether (sulfide) groups is 1. The van der Waals surface area contributed by atoms with E-state index >= 15 is 0 Å². The van der Waals surface area contributed by atoms with Crippen LogP contribution in [0.1, 0.15) is 34.9 Å². The molecule has 1 aliphatic carbocycles. The molecule has 15 heavy (non-hydrogen) atoms. The van der Waals surface area contributed by atoms with Gasteiger partial charge in [-0.05, 0) is 19.1 Å². The van der Waals surface area contributed by atoms with Crippen molar-refractivity contribution in [1.82, 2.24) is 15.0 Å². The molecule has 1 N–H and O–H groups in total. The quantitative estimate of drug-likeness (QED) is 0.819. The van der Waals surface area contributed by atoms with Crippen LogP contribution in [-0.4, -0.2) is 38.1 Å². The second-order valence-electron chi connectivity index (χ2n) is 3.62. The van der Waals surface area contributed by atoms with Crippen LogP contribution in [0.2, 0.25) is 0 Å². The molecule has 1 saturated carbocycles. The second-order valence-corrected chi connectivity index (χ2v) is 4.60. The highest BCUT2D eigenvalue weighted by molar-refractivity contribution is 7.98. The Morgan fingerprint density at radius 2 is 2.40 bits per heavy atom. The molecule has 0 unspecified atom stereocenters. The number of hydrogen-bond acceptors (Lipinski definition) is 4. The van der Waals surface area contributed by atoms with Crippen molar-refractivity contribution in [2.75, 3.05) is 12.0 Å². The molecule has 1 fully saturated rings. The fraction of sp³-hybridized carbons (Fsp3) is 0.667. The van der Waals surface area contributed by atoms with E-state index in [9.17, 15) is 4.79 Å². The number of aromatic nitrogens is 3. The summed E-state index contributed by atoms with van der Waals surface area (Å²) < 4.78 is 1.75. The van der Waals surface area contributed by atoms with Crippen LogP contribution in [0.5, 0.6) is 0 Å². The highest BCUT2D eigenvalue weighted by Gasteiger charge is 2.33. The maximum absolute atomic E-state index is 10.9. The molecule has 0 amide bonds. The predicted octanol–water partition coefficient (Wildman–Crippen LogP) is 1.22. The zero-order chi connectivity index (χ0) is 10.8. The van der Waals surface area contributed by atoms with Gasteiger partial charge in [-0.3, -0.25) is 0 Å². The molecule has 0 bridgehead atoms. The Hall–Kier alpha value is -1.04. The number of carboxylic acid groups (broad SMARTS) is 1. The van der Waals surface area contributed by atoms with Gasteiger partial charge in [-0.25, -0.2) is 9.48 Å². The van der Waals surface area contributed by atoms with Gasteiger partial charge in [0.15, 0.2) is 5.69 Å². The Bertz CT molecular complexity index is 373. The number of nitrogens with zero attached hydrogens (tertiary/aromatic N) is 3. The summed E-state index contributed by atoms with van der Waals surface area (Å²) in [6, 6.07) is 0. The van der Waals surface area contributed by atoms with Crippen LogP contribution in [-0.2, 0) is 6.54 Å². The first kappa shape index (κ1) is 10.5. The monoisotopic (exact) mass is 227 g/mol. The molecule has 1 aliphatic rings. The van der Waals surface area contributed by atoms with E-state index in [4.69, 9.17) is 5.11 Å². The summed E-state index contributed by atoms with van der Waals surface area (Å²) in [5.74, 6) is 0.336. The summed E-state index contributed by atoms with van der Waals surface area (Å²) in [7, 11) is 0. The van der Waals surface area contributed by atoms with Gasteiger partial charge in [0.2, 0.25) is 0 Å². The molecule has 82 valence electrons. The normalized spacial score (nSPS) is 15.5. The maximum atomic E-state index is 10.9. The fourth-order valence-electron chi connectivity index (χ4n) is 1.58.